The van der Waals surface area contributed by atoms with Crippen LogP contribution in [0.3, 0.4) is 0 Å². The Hall–Kier alpha value is -4.14. The van der Waals surface area contributed by atoms with Crippen molar-refractivity contribution in [3.63, 3.8) is 0 Å². The van der Waals surface area contributed by atoms with Crippen LogP contribution in [0.2, 0.25) is 0 Å². The molecule has 3 aromatic rings. The van der Waals surface area contributed by atoms with E-state index in [0.29, 0.717) is 30.4 Å². The predicted octanol–water partition coefficient (Wildman–Crippen LogP) is 4.47. The maximum absolute atomic E-state index is 12.7. The summed E-state index contributed by atoms with van der Waals surface area (Å²) >= 11 is 0. The van der Waals surface area contributed by atoms with Crippen molar-refractivity contribution in [2.24, 2.45) is 0 Å². The van der Waals surface area contributed by atoms with E-state index < -0.39 is 11.4 Å². The van der Waals surface area contributed by atoms with Crippen molar-refractivity contribution in [3.05, 3.63) is 72.1 Å². The second kappa shape index (κ2) is 11.9. The molecule has 200 valence electrons. The first-order chi connectivity index (χ1) is 18.3. The molecule has 1 saturated heterocycles. The molecule has 0 bridgehead atoms. The first-order valence-electron chi connectivity index (χ1n) is 12.8. The van der Waals surface area contributed by atoms with Gasteiger partial charge in [0.05, 0.1) is 37.4 Å². The van der Waals surface area contributed by atoms with Gasteiger partial charge in [-0.2, -0.15) is 0 Å². The molecule has 4 rings (SSSR count). The third-order valence-corrected chi connectivity index (χ3v) is 6.61. The number of nitrogens with one attached hydrogen (secondary N) is 1. The largest absolute Gasteiger partial charge is 0.490 e. The molecule has 38 heavy (non-hydrogen) atoms. The average molecular weight is 519 g/mol. The van der Waals surface area contributed by atoms with Gasteiger partial charge in [-0.15, -0.1) is 0 Å². The molecule has 9 heteroatoms. The standard InChI is InChI=1S/C29H34N4O5/c1-4-37-23-9-5-6-10-24(23)38-22-8-7-15-33(19-22)26-18-30-17-25(31-26)32-27(34)16-20-11-13-21(14-12-20)29(2,3)28(35)36/h5-6,9-14,17-18,22H,4,7-8,15-16,19H2,1-3H3,(H,35,36)(H,31,32,34). The van der Waals surface area contributed by atoms with Crippen molar-refractivity contribution in [2.75, 3.05) is 29.9 Å². The van der Waals surface area contributed by atoms with Gasteiger partial charge >= 0.3 is 5.97 Å². The number of carbonyl (C=O) groups excluding carboxylic acids is 1. The van der Waals surface area contributed by atoms with Crippen molar-refractivity contribution in [1.29, 1.82) is 0 Å². The Balaban J connectivity index is 1.36. The van der Waals surface area contributed by atoms with Gasteiger partial charge in [0, 0.05) is 6.54 Å². The van der Waals surface area contributed by atoms with E-state index in [9.17, 15) is 14.7 Å². The number of para-hydroxylation sites is 2. The molecule has 1 atom stereocenters. The van der Waals surface area contributed by atoms with Crippen molar-refractivity contribution in [2.45, 2.75) is 51.6 Å². The molecule has 2 N–H and O–H groups in total. The van der Waals surface area contributed by atoms with Crippen LogP contribution < -0.4 is 19.7 Å². The van der Waals surface area contributed by atoms with Crippen molar-refractivity contribution >= 4 is 23.5 Å². The predicted molar refractivity (Wildman–Crippen MR) is 145 cm³/mol. The number of nitrogens with zero attached hydrogens (tertiary/aromatic N) is 3. The maximum atomic E-state index is 12.7. The van der Waals surface area contributed by atoms with Gasteiger partial charge in [0.15, 0.2) is 17.3 Å². The van der Waals surface area contributed by atoms with Gasteiger partial charge in [0.1, 0.15) is 11.9 Å². The van der Waals surface area contributed by atoms with E-state index in [0.717, 1.165) is 36.4 Å². The van der Waals surface area contributed by atoms with Crippen LogP contribution in [0, 0.1) is 0 Å². The van der Waals surface area contributed by atoms with Crippen molar-refractivity contribution in [1.82, 2.24) is 9.97 Å². The fraction of sp³-hybridized carbons (Fsp3) is 0.379. The van der Waals surface area contributed by atoms with Crippen molar-refractivity contribution < 1.29 is 24.2 Å². The van der Waals surface area contributed by atoms with E-state index >= 15 is 0 Å². The van der Waals surface area contributed by atoms with E-state index in [2.05, 4.69) is 20.2 Å². The molecular weight excluding hydrogens is 484 g/mol. The second-order valence-corrected chi connectivity index (χ2v) is 9.82. The van der Waals surface area contributed by atoms with Crippen LogP contribution in [0.5, 0.6) is 11.5 Å². The van der Waals surface area contributed by atoms with E-state index in [1.54, 1.807) is 44.3 Å². The lowest BCUT2D eigenvalue weighted by molar-refractivity contribution is -0.142. The highest BCUT2D eigenvalue weighted by molar-refractivity contribution is 5.91. The number of ether oxygens (including phenoxy) is 2. The molecule has 2 aromatic carbocycles. The summed E-state index contributed by atoms with van der Waals surface area (Å²) in [6, 6.07) is 14.7. The van der Waals surface area contributed by atoms with Gasteiger partial charge in [-0.05, 0) is 56.9 Å². The summed E-state index contributed by atoms with van der Waals surface area (Å²) in [7, 11) is 0. The zero-order valence-corrected chi connectivity index (χ0v) is 22.0. The molecule has 1 aliphatic heterocycles. The Bertz CT molecular complexity index is 1260. The van der Waals surface area contributed by atoms with E-state index in [4.69, 9.17) is 9.47 Å². The minimum Gasteiger partial charge on any atom is -0.490 e. The number of carboxylic acids is 1. The topological polar surface area (TPSA) is 114 Å². The summed E-state index contributed by atoms with van der Waals surface area (Å²) in [6.45, 7) is 7.28. The lowest BCUT2D eigenvalue weighted by atomic mass is 9.84. The third kappa shape index (κ3) is 6.59. The minimum absolute atomic E-state index is 0.0283. The first-order valence-corrected chi connectivity index (χ1v) is 12.8. The van der Waals surface area contributed by atoms with Gasteiger partial charge in [-0.1, -0.05) is 36.4 Å². The number of rotatable bonds is 10. The number of amides is 1. The minimum atomic E-state index is -0.998. The molecule has 2 heterocycles. The summed E-state index contributed by atoms with van der Waals surface area (Å²) in [5.41, 5.74) is 0.458. The number of hydrogen-bond donors (Lipinski definition) is 2. The van der Waals surface area contributed by atoms with Gasteiger partial charge in [0.2, 0.25) is 5.91 Å². The number of aromatic nitrogens is 2. The monoisotopic (exact) mass is 518 g/mol. The van der Waals surface area contributed by atoms with Gasteiger partial charge in [-0.25, -0.2) is 4.98 Å². The van der Waals surface area contributed by atoms with E-state index in [-0.39, 0.29) is 18.4 Å². The molecular formula is C29H34N4O5. The molecule has 1 fully saturated rings. The van der Waals surface area contributed by atoms with Crippen LogP contribution in [0.25, 0.3) is 0 Å². The highest BCUT2D eigenvalue weighted by Gasteiger charge is 2.29. The van der Waals surface area contributed by atoms with E-state index in [1.807, 2.05) is 31.2 Å². The lowest BCUT2D eigenvalue weighted by Gasteiger charge is -2.33. The van der Waals surface area contributed by atoms with Gasteiger partial charge < -0.3 is 24.8 Å². The second-order valence-electron chi connectivity index (χ2n) is 9.82. The normalized spacial score (nSPS) is 15.6. The highest BCUT2D eigenvalue weighted by Crippen LogP contribution is 2.30. The highest BCUT2D eigenvalue weighted by atomic mass is 16.5. The molecule has 0 saturated carbocycles. The molecule has 9 nitrogen and oxygen atoms in total. The number of hydrogen-bond acceptors (Lipinski definition) is 7. The summed E-state index contributed by atoms with van der Waals surface area (Å²) in [5.74, 6) is 1.39. The molecule has 0 radical (unpaired) electrons. The summed E-state index contributed by atoms with van der Waals surface area (Å²) in [4.78, 5) is 35.2. The lowest BCUT2D eigenvalue weighted by Crippen LogP contribution is -2.41. The number of carbonyl (C=O) groups is 2. The van der Waals surface area contributed by atoms with Crippen molar-refractivity contribution in [3.8, 4) is 11.5 Å². The Morgan fingerprint density at radius 1 is 1.11 bits per heavy atom. The van der Waals surface area contributed by atoms with Crippen LogP contribution in [0.4, 0.5) is 11.6 Å². The van der Waals surface area contributed by atoms with Gasteiger partial charge in [0.25, 0.3) is 0 Å². The fourth-order valence-corrected chi connectivity index (χ4v) is 4.35. The van der Waals surface area contributed by atoms with Crippen LogP contribution in [0.15, 0.2) is 60.9 Å². The Labute approximate surface area is 222 Å². The quantitative estimate of drug-likeness (QED) is 0.404. The Morgan fingerprint density at radius 3 is 2.55 bits per heavy atom. The molecule has 0 aliphatic carbocycles. The van der Waals surface area contributed by atoms with E-state index in [1.165, 1.54) is 6.20 Å². The fourth-order valence-electron chi connectivity index (χ4n) is 4.35. The number of aliphatic carboxylic acids is 1. The molecule has 1 aromatic heterocycles. The first kappa shape index (κ1) is 26.9. The molecule has 1 amide bonds. The Kier molecular flexibility index (Phi) is 8.45. The summed E-state index contributed by atoms with van der Waals surface area (Å²) < 4.78 is 12.0. The number of carboxylic acid groups (broad SMARTS) is 1. The number of piperidine rings is 1. The van der Waals surface area contributed by atoms with Crippen LogP contribution in [0.1, 0.15) is 44.7 Å². The van der Waals surface area contributed by atoms with Crippen LogP contribution >= 0.6 is 0 Å². The SMILES string of the molecule is CCOc1ccccc1OC1CCCN(c2cncc(NC(=O)Cc3ccc(C(C)(C)C(=O)O)cc3)n2)C1. The molecule has 1 aliphatic rings. The smallest absolute Gasteiger partial charge is 0.313 e. The zero-order chi connectivity index (χ0) is 27.1. The molecule has 0 spiro atoms. The third-order valence-electron chi connectivity index (χ3n) is 6.61. The number of anilines is 2. The average Bonchev–Trinajstić information content (AvgIpc) is 2.90. The summed E-state index contributed by atoms with van der Waals surface area (Å²) in [5, 5.41) is 12.2. The van der Waals surface area contributed by atoms with Crippen LogP contribution in [-0.4, -0.2) is 52.8 Å². The Morgan fingerprint density at radius 2 is 1.84 bits per heavy atom. The van der Waals surface area contributed by atoms with Crippen LogP contribution in [-0.2, 0) is 21.4 Å². The van der Waals surface area contributed by atoms with Gasteiger partial charge in [-0.3, -0.25) is 14.6 Å². The molecule has 1 unspecified atom stereocenters. The summed E-state index contributed by atoms with van der Waals surface area (Å²) in [6.07, 6.45) is 5.18. The number of benzene rings is 2. The maximum Gasteiger partial charge on any atom is 0.313 e. The zero-order valence-electron chi connectivity index (χ0n) is 22.0.